The van der Waals surface area contributed by atoms with Crippen molar-refractivity contribution in [3.8, 4) is 0 Å². The van der Waals surface area contributed by atoms with E-state index >= 15 is 0 Å². The highest BCUT2D eigenvalue weighted by molar-refractivity contribution is 5.95. The van der Waals surface area contributed by atoms with Crippen LogP contribution in [0, 0.1) is 5.92 Å². The zero-order chi connectivity index (χ0) is 13.8. The lowest BCUT2D eigenvalue weighted by Crippen LogP contribution is -2.39. The molecule has 1 saturated carbocycles. The number of hydrogen-bond donors (Lipinski definition) is 3. The van der Waals surface area contributed by atoms with Gasteiger partial charge < -0.3 is 16.8 Å². The lowest BCUT2D eigenvalue weighted by molar-refractivity contribution is -0.122. The molecule has 0 saturated heterocycles. The number of primary amides is 1. The molecule has 1 aliphatic carbocycles. The standard InChI is InChI=1S/C14H19N3O2.ClH/c15-11-3-1-2-10(8-11)14(19)17-12-6-4-9(5-7-12)13(16)18;/h1-3,8-9,12H,4-7,15H2,(H2,16,18)(H,17,19);1H. The number of nitrogen functional groups attached to an aromatic ring is 1. The summed E-state index contributed by atoms with van der Waals surface area (Å²) in [4.78, 5) is 23.1. The lowest BCUT2D eigenvalue weighted by atomic mass is 9.85. The molecule has 5 N–H and O–H groups in total. The summed E-state index contributed by atoms with van der Waals surface area (Å²) in [7, 11) is 0. The molecule has 0 spiro atoms. The molecule has 110 valence electrons. The first-order valence-corrected chi connectivity index (χ1v) is 6.52. The number of benzene rings is 1. The molecular weight excluding hydrogens is 278 g/mol. The minimum absolute atomic E-state index is 0. The SMILES string of the molecule is Cl.NC(=O)C1CCC(NC(=O)c2cccc(N)c2)CC1. The van der Waals surface area contributed by atoms with Gasteiger partial charge in [0, 0.05) is 23.2 Å². The Bertz CT molecular complexity index is 485. The smallest absolute Gasteiger partial charge is 0.251 e. The van der Waals surface area contributed by atoms with Gasteiger partial charge in [-0.25, -0.2) is 0 Å². The van der Waals surface area contributed by atoms with Gasteiger partial charge in [0.15, 0.2) is 0 Å². The molecule has 0 heterocycles. The summed E-state index contributed by atoms with van der Waals surface area (Å²) >= 11 is 0. The van der Waals surface area contributed by atoms with Crippen LogP contribution in [0.3, 0.4) is 0 Å². The highest BCUT2D eigenvalue weighted by Gasteiger charge is 2.25. The molecule has 0 atom stereocenters. The Morgan fingerprint density at radius 3 is 2.35 bits per heavy atom. The van der Waals surface area contributed by atoms with Gasteiger partial charge in [0.1, 0.15) is 0 Å². The summed E-state index contributed by atoms with van der Waals surface area (Å²) in [6.45, 7) is 0. The molecule has 2 rings (SSSR count). The van der Waals surface area contributed by atoms with Crippen LogP contribution in [0.5, 0.6) is 0 Å². The van der Waals surface area contributed by atoms with Crippen LogP contribution in [-0.4, -0.2) is 17.9 Å². The van der Waals surface area contributed by atoms with Crippen LogP contribution in [0.1, 0.15) is 36.0 Å². The number of carbonyl (C=O) groups is 2. The molecule has 5 nitrogen and oxygen atoms in total. The Hall–Kier alpha value is -1.75. The fourth-order valence-electron chi connectivity index (χ4n) is 2.47. The summed E-state index contributed by atoms with van der Waals surface area (Å²) in [6, 6.07) is 7.01. The molecule has 0 bridgehead atoms. The van der Waals surface area contributed by atoms with Crippen molar-refractivity contribution in [2.75, 3.05) is 5.73 Å². The van der Waals surface area contributed by atoms with Crippen LogP contribution in [0.2, 0.25) is 0 Å². The molecule has 0 unspecified atom stereocenters. The minimum Gasteiger partial charge on any atom is -0.399 e. The van der Waals surface area contributed by atoms with E-state index in [4.69, 9.17) is 11.5 Å². The van der Waals surface area contributed by atoms with Gasteiger partial charge in [-0.2, -0.15) is 0 Å². The predicted molar refractivity (Wildman–Crippen MR) is 80.5 cm³/mol. The number of nitrogens with two attached hydrogens (primary N) is 2. The molecule has 1 fully saturated rings. The van der Waals surface area contributed by atoms with E-state index in [2.05, 4.69) is 5.32 Å². The summed E-state index contributed by atoms with van der Waals surface area (Å²) in [5, 5.41) is 2.98. The van der Waals surface area contributed by atoms with Gasteiger partial charge >= 0.3 is 0 Å². The maximum Gasteiger partial charge on any atom is 0.251 e. The number of nitrogens with one attached hydrogen (secondary N) is 1. The number of rotatable bonds is 3. The van der Waals surface area contributed by atoms with E-state index < -0.39 is 0 Å². The first-order chi connectivity index (χ1) is 9.06. The lowest BCUT2D eigenvalue weighted by Gasteiger charge is -2.27. The van der Waals surface area contributed by atoms with Crippen LogP contribution in [0.4, 0.5) is 5.69 Å². The second-order valence-electron chi connectivity index (χ2n) is 5.05. The van der Waals surface area contributed by atoms with E-state index in [0.29, 0.717) is 11.3 Å². The van der Waals surface area contributed by atoms with Crippen molar-refractivity contribution in [1.29, 1.82) is 0 Å². The van der Waals surface area contributed by atoms with Gasteiger partial charge in [0.2, 0.25) is 5.91 Å². The average Bonchev–Trinajstić information content (AvgIpc) is 2.39. The van der Waals surface area contributed by atoms with Crippen LogP contribution in [-0.2, 0) is 4.79 Å². The quantitative estimate of drug-likeness (QED) is 0.737. The molecule has 1 aromatic rings. The van der Waals surface area contributed by atoms with Crippen molar-refractivity contribution in [3.05, 3.63) is 29.8 Å². The summed E-state index contributed by atoms with van der Waals surface area (Å²) < 4.78 is 0. The van der Waals surface area contributed by atoms with Gasteiger partial charge in [-0.05, 0) is 43.9 Å². The Labute approximate surface area is 124 Å². The van der Waals surface area contributed by atoms with Crippen molar-refractivity contribution in [1.82, 2.24) is 5.32 Å². The van der Waals surface area contributed by atoms with E-state index in [1.165, 1.54) is 0 Å². The number of amides is 2. The minimum atomic E-state index is -0.236. The summed E-state index contributed by atoms with van der Waals surface area (Å²) in [5.74, 6) is -0.393. The highest BCUT2D eigenvalue weighted by Crippen LogP contribution is 2.24. The molecule has 0 radical (unpaired) electrons. The molecule has 0 aromatic heterocycles. The van der Waals surface area contributed by atoms with Crippen LogP contribution >= 0.6 is 12.4 Å². The van der Waals surface area contributed by atoms with Crippen molar-refractivity contribution in [2.24, 2.45) is 11.7 Å². The third-order valence-corrected chi connectivity index (χ3v) is 3.61. The van der Waals surface area contributed by atoms with Crippen molar-refractivity contribution in [2.45, 2.75) is 31.7 Å². The fraction of sp³-hybridized carbons (Fsp3) is 0.429. The monoisotopic (exact) mass is 297 g/mol. The first-order valence-electron chi connectivity index (χ1n) is 6.52. The van der Waals surface area contributed by atoms with E-state index in [0.717, 1.165) is 25.7 Å². The summed E-state index contributed by atoms with van der Waals surface area (Å²) in [5.41, 5.74) is 12.1. The van der Waals surface area contributed by atoms with Crippen LogP contribution < -0.4 is 16.8 Å². The third kappa shape index (κ3) is 4.13. The zero-order valence-electron chi connectivity index (χ0n) is 11.2. The van der Waals surface area contributed by atoms with E-state index in [-0.39, 0.29) is 36.2 Å². The Kier molecular flexibility index (Phi) is 5.82. The third-order valence-electron chi connectivity index (χ3n) is 3.61. The average molecular weight is 298 g/mol. The number of hydrogen-bond acceptors (Lipinski definition) is 3. The predicted octanol–water partition coefficient (Wildman–Crippen LogP) is 1.46. The largest absolute Gasteiger partial charge is 0.399 e. The molecular formula is C14H20ClN3O2. The first kappa shape index (κ1) is 16.3. The Balaban J connectivity index is 0.00000200. The zero-order valence-corrected chi connectivity index (χ0v) is 12.0. The maximum absolute atomic E-state index is 12.0. The van der Waals surface area contributed by atoms with Gasteiger partial charge in [-0.15, -0.1) is 12.4 Å². The number of halogens is 1. The molecule has 20 heavy (non-hydrogen) atoms. The second kappa shape index (κ2) is 7.14. The highest BCUT2D eigenvalue weighted by atomic mass is 35.5. The van der Waals surface area contributed by atoms with E-state index in [9.17, 15) is 9.59 Å². The number of carbonyl (C=O) groups excluding carboxylic acids is 2. The summed E-state index contributed by atoms with van der Waals surface area (Å²) in [6.07, 6.45) is 3.08. The Morgan fingerprint density at radius 1 is 1.15 bits per heavy atom. The molecule has 2 amide bonds. The van der Waals surface area contributed by atoms with Gasteiger partial charge in [0.05, 0.1) is 0 Å². The maximum atomic E-state index is 12.0. The molecule has 6 heteroatoms. The fourth-order valence-corrected chi connectivity index (χ4v) is 2.47. The second-order valence-corrected chi connectivity index (χ2v) is 5.05. The van der Waals surface area contributed by atoms with Crippen molar-refractivity contribution >= 4 is 29.9 Å². The van der Waals surface area contributed by atoms with Gasteiger partial charge in [0.25, 0.3) is 5.91 Å². The van der Waals surface area contributed by atoms with E-state index in [1.54, 1.807) is 24.3 Å². The molecule has 0 aliphatic heterocycles. The van der Waals surface area contributed by atoms with Crippen molar-refractivity contribution in [3.63, 3.8) is 0 Å². The van der Waals surface area contributed by atoms with Crippen LogP contribution in [0.25, 0.3) is 0 Å². The van der Waals surface area contributed by atoms with Gasteiger partial charge in [-0.3, -0.25) is 9.59 Å². The van der Waals surface area contributed by atoms with Gasteiger partial charge in [-0.1, -0.05) is 6.07 Å². The van der Waals surface area contributed by atoms with Crippen LogP contribution in [0.15, 0.2) is 24.3 Å². The molecule has 1 aromatic carbocycles. The normalized spacial score (nSPS) is 21.6. The molecule has 1 aliphatic rings. The van der Waals surface area contributed by atoms with Crippen molar-refractivity contribution < 1.29 is 9.59 Å². The number of anilines is 1. The Morgan fingerprint density at radius 2 is 1.80 bits per heavy atom. The topological polar surface area (TPSA) is 98.2 Å². The van der Waals surface area contributed by atoms with E-state index in [1.807, 2.05) is 0 Å².